The zero-order valence-electron chi connectivity index (χ0n) is 11.5. The molecule has 0 saturated heterocycles. The Morgan fingerprint density at radius 1 is 1.60 bits per heavy atom. The molecule has 2 aromatic heterocycles. The molecule has 0 spiro atoms. The van der Waals surface area contributed by atoms with Crippen LogP contribution in [0.1, 0.15) is 26.8 Å². The van der Waals surface area contributed by atoms with Gasteiger partial charge in [-0.15, -0.1) is 11.3 Å². The Balaban J connectivity index is 1.71. The van der Waals surface area contributed by atoms with Crippen LogP contribution in [0.15, 0.2) is 18.5 Å². The number of ether oxygens (including phenoxy) is 1. The van der Waals surface area contributed by atoms with Crippen molar-refractivity contribution in [3.8, 4) is 5.75 Å². The maximum atomic E-state index is 12.4. The highest BCUT2D eigenvalue weighted by atomic mass is 32.1. The van der Waals surface area contributed by atoms with Gasteiger partial charge in [0.05, 0.1) is 7.11 Å². The van der Waals surface area contributed by atoms with Gasteiger partial charge in [0.1, 0.15) is 16.5 Å². The number of hydrogen-bond acceptors (Lipinski definition) is 4. The molecule has 0 aliphatic carbocycles. The molecule has 1 amide bonds. The Bertz CT molecular complexity index is 632. The smallest absolute Gasteiger partial charge is 0.265 e. The molecule has 20 heavy (non-hydrogen) atoms. The number of methoxy groups -OCH3 is 1. The predicted octanol–water partition coefficient (Wildman–Crippen LogP) is 2.01. The minimum atomic E-state index is -0.0477. The van der Waals surface area contributed by atoms with Crippen molar-refractivity contribution in [2.45, 2.75) is 32.4 Å². The van der Waals surface area contributed by atoms with Crippen molar-refractivity contribution in [3.05, 3.63) is 34.0 Å². The van der Waals surface area contributed by atoms with Crippen molar-refractivity contribution in [2.24, 2.45) is 0 Å². The highest BCUT2D eigenvalue weighted by Crippen LogP contribution is 2.28. The van der Waals surface area contributed by atoms with Gasteiger partial charge in [-0.1, -0.05) is 0 Å². The summed E-state index contributed by atoms with van der Waals surface area (Å²) in [4.78, 5) is 18.4. The van der Waals surface area contributed by atoms with E-state index in [1.165, 1.54) is 11.3 Å². The number of imidazole rings is 1. The number of nitrogens with zero attached hydrogens (tertiary/aromatic N) is 2. The summed E-state index contributed by atoms with van der Waals surface area (Å²) < 4.78 is 7.36. The molecule has 0 aromatic carbocycles. The minimum absolute atomic E-state index is 0.0477. The third-order valence-corrected chi connectivity index (χ3v) is 4.55. The molecular weight excluding hydrogens is 274 g/mol. The summed E-state index contributed by atoms with van der Waals surface area (Å²) in [6, 6.07) is 2.05. The lowest BCUT2D eigenvalue weighted by Gasteiger charge is -2.24. The molecular formula is C14H17N3O2S. The van der Waals surface area contributed by atoms with Gasteiger partial charge >= 0.3 is 0 Å². The quantitative estimate of drug-likeness (QED) is 0.941. The van der Waals surface area contributed by atoms with Gasteiger partial charge in [-0.25, -0.2) is 4.98 Å². The average molecular weight is 291 g/mol. The minimum Gasteiger partial charge on any atom is -0.495 e. The van der Waals surface area contributed by atoms with Crippen molar-refractivity contribution in [1.82, 2.24) is 14.9 Å². The summed E-state index contributed by atoms with van der Waals surface area (Å²) in [5.74, 6) is 1.71. The topological polar surface area (TPSA) is 56.1 Å². The third-order valence-electron chi connectivity index (χ3n) is 3.52. The van der Waals surface area contributed by atoms with Gasteiger partial charge in [0.2, 0.25) is 0 Å². The number of rotatable bonds is 3. The van der Waals surface area contributed by atoms with Crippen LogP contribution in [0.2, 0.25) is 0 Å². The molecule has 6 heteroatoms. The van der Waals surface area contributed by atoms with E-state index < -0.39 is 0 Å². The monoisotopic (exact) mass is 291 g/mol. The Kier molecular flexibility index (Phi) is 3.48. The van der Waals surface area contributed by atoms with Crippen molar-refractivity contribution >= 4 is 17.2 Å². The predicted molar refractivity (Wildman–Crippen MR) is 77.4 cm³/mol. The van der Waals surface area contributed by atoms with E-state index in [1.807, 2.05) is 25.4 Å². The number of hydrogen-bond donors (Lipinski definition) is 1. The molecule has 0 unspecified atom stereocenters. The van der Waals surface area contributed by atoms with Gasteiger partial charge in [-0.05, 0) is 19.4 Å². The fourth-order valence-electron chi connectivity index (χ4n) is 2.54. The highest BCUT2D eigenvalue weighted by Gasteiger charge is 2.23. The van der Waals surface area contributed by atoms with Crippen LogP contribution in [-0.2, 0) is 13.0 Å². The Hall–Kier alpha value is -1.82. The molecule has 3 rings (SSSR count). The van der Waals surface area contributed by atoms with E-state index in [0.29, 0.717) is 10.6 Å². The molecule has 2 aromatic rings. The number of aryl methyl sites for hydroxylation is 2. The molecule has 1 N–H and O–H groups in total. The average Bonchev–Trinajstić information content (AvgIpc) is 3.03. The number of amides is 1. The molecule has 1 aliphatic heterocycles. The third kappa shape index (κ3) is 2.43. The van der Waals surface area contributed by atoms with Gasteiger partial charge in [-0.2, -0.15) is 0 Å². The van der Waals surface area contributed by atoms with E-state index in [2.05, 4.69) is 14.9 Å². The second-order valence-corrected chi connectivity index (χ2v) is 6.22. The van der Waals surface area contributed by atoms with Crippen molar-refractivity contribution in [3.63, 3.8) is 0 Å². The maximum Gasteiger partial charge on any atom is 0.265 e. The molecule has 0 bridgehead atoms. The Morgan fingerprint density at radius 2 is 2.45 bits per heavy atom. The summed E-state index contributed by atoms with van der Waals surface area (Å²) >= 11 is 1.47. The largest absolute Gasteiger partial charge is 0.495 e. The van der Waals surface area contributed by atoms with Crippen molar-refractivity contribution < 1.29 is 9.53 Å². The molecule has 1 aliphatic rings. The lowest BCUT2D eigenvalue weighted by atomic mass is 10.1. The summed E-state index contributed by atoms with van der Waals surface area (Å²) in [6.45, 7) is 2.76. The first kappa shape index (κ1) is 13.2. The second kappa shape index (κ2) is 5.28. The van der Waals surface area contributed by atoms with E-state index in [4.69, 9.17) is 4.74 Å². The Labute approximate surface area is 121 Å². The first-order valence-corrected chi connectivity index (χ1v) is 7.44. The van der Waals surface area contributed by atoms with Crippen LogP contribution < -0.4 is 10.1 Å². The maximum absolute atomic E-state index is 12.4. The van der Waals surface area contributed by atoms with Crippen LogP contribution in [0.3, 0.4) is 0 Å². The second-order valence-electron chi connectivity index (χ2n) is 4.96. The molecule has 0 fully saturated rings. The zero-order chi connectivity index (χ0) is 14.1. The van der Waals surface area contributed by atoms with Gasteiger partial charge in [0.25, 0.3) is 5.91 Å². The first-order chi connectivity index (χ1) is 9.67. The molecule has 3 heterocycles. The highest BCUT2D eigenvalue weighted by molar-refractivity contribution is 7.14. The van der Waals surface area contributed by atoms with Gasteiger partial charge in [-0.3, -0.25) is 4.79 Å². The molecule has 0 radical (unpaired) electrons. The van der Waals surface area contributed by atoms with Gasteiger partial charge in [0.15, 0.2) is 0 Å². The van der Waals surface area contributed by atoms with Crippen LogP contribution in [-0.4, -0.2) is 28.6 Å². The number of nitrogens with one attached hydrogen (secondary N) is 1. The number of aromatic nitrogens is 2. The standard InChI is InChI=1S/C14H17N3O2S/c1-9-7-11(19-2)13(20-9)14(18)16-10-3-4-12-15-5-6-17(12)8-10/h5-7,10H,3-4,8H2,1-2H3,(H,16,18)/t10-/m0/s1. The zero-order valence-corrected chi connectivity index (χ0v) is 12.4. The van der Waals surface area contributed by atoms with Crippen LogP contribution >= 0.6 is 11.3 Å². The fourth-order valence-corrected chi connectivity index (χ4v) is 3.42. The van der Waals surface area contributed by atoms with Crippen LogP contribution in [0, 0.1) is 6.92 Å². The van der Waals surface area contributed by atoms with Crippen molar-refractivity contribution in [2.75, 3.05) is 7.11 Å². The van der Waals surface area contributed by atoms with Crippen LogP contribution in [0.4, 0.5) is 0 Å². The van der Waals surface area contributed by atoms with Gasteiger partial charge < -0.3 is 14.6 Å². The SMILES string of the molecule is COc1cc(C)sc1C(=O)N[C@H]1CCc2nccn2C1. The van der Waals surface area contributed by atoms with E-state index in [1.54, 1.807) is 7.11 Å². The molecule has 106 valence electrons. The summed E-state index contributed by atoms with van der Waals surface area (Å²) in [6.07, 6.45) is 5.60. The van der Waals surface area contributed by atoms with E-state index in [0.717, 1.165) is 30.1 Å². The summed E-state index contributed by atoms with van der Waals surface area (Å²) in [5, 5.41) is 3.10. The molecule has 1 atom stereocenters. The number of thiophene rings is 1. The van der Waals surface area contributed by atoms with Crippen LogP contribution in [0.25, 0.3) is 0 Å². The first-order valence-electron chi connectivity index (χ1n) is 6.62. The van der Waals surface area contributed by atoms with Crippen molar-refractivity contribution in [1.29, 1.82) is 0 Å². The fraction of sp³-hybridized carbons (Fsp3) is 0.429. The Morgan fingerprint density at radius 3 is 3.25 bits per heavy atom. The van der Waals surface area contributed by atoms with E-state index in [9.17, 15) is 4.79 Å². The van der Waals surface area contributed by atoms with E-state index in [-0.39, 0.29) is 11.9 Å². The summed E-state index contributed by atoms with van der Waals surface area (Å²) in [5.41, 5.74) is 0. The summed E-state index contributed by atoms with van der Waals surface area (Å²) in [7, 11) is 1.59. The van der Waals surface area contributed by atoms with Gasteiger partial charge in [0, 0.05) is 36.3 Å². The molecule has 5 nitrogen and oxygen atoms in total. The van der Waals surface area contributed by atoms with Crippen LogP contribution in [0.5, 0.6) is 5.75 Å². The molecule has 0 saturated carbocycles. The number of carbonyl (C=O) groups is 1. The van der Waals surface area contributed by atoms with E-state index >= 15 is 0 Å². The lowest BCUT2D eigenvalue weighted by Crippen LogP contribution is -2.40. The normalized spacial score (nSPS) is 17.6. The number of carbonyl (C=O) groups excluding carboxylic acids is 1. The number of fused-ring (bicyclic) bond motifs is 1. The lowest BCUT2D eigenvalue weighted by molar-refractivity contribution is 0.0929.